The molecule has 1 rings (SSSR count). The minimum Gasteiger partial charge on any atom is -0.387 e. The van der Waals surface area contributed by atoms with Crippen molar-refractivity contribution in [2.45, 2.75) is 6.36 Å². The van der Waals surface area contributed by atoms with Crippen molar-refractivity contribution < 1.29 is 26.7 Å². The molecule has 0 atom stereocenters. The molecule has 0 aliphatic rings. The van der Waals surface area contributed by atoms with Gasteiger partial charge in [0.1, 0.15) is 0 Å². The van der Waals surface area contributed by atoms with E-state index in [-0.39, 0.29) is 3.57 Å². The normalized spacial score (nSPS) is 11.6. The Morgan fingerprint density at radius 2 is 1.86 bits per heavy atom. The molecule has 8 heteroatoms. The minimum absolute atomic E-state index is 0.265. The molecule has 0 amide bonds. The van der Waals surface area contributed by atoms with Crippen molar-refractivity contribution in [3.8, 4) is 5.88 Å². The summed E-state index contributed by atoms with van der Waals surface area (Å²) in [5, 5.41) is 0. The van der Waals surface area contributed by atoms with Gasteiger partial charge in [-0.05, 0) is 28.7 Å². The number of nitrogens with zero attached hydrogens (tertiary/aromatic N) is 1. The minimum atomic E-state index is -4.98. The van der Waals surface area contributed by atoms with Gasteiger partial charge < -0.3 is 4.74 Å². The zero-order chi connectivity index (χ0) is 10.9. The van der Waals surface area contributed by atoms with Gasteiger partial charge >= 0.3 is 6.36 Å². The quantitative estimate of drug-likeness (QED) is 0.450. The van der Waals surface area contributed by atoms with Gasteiger partial charge in [0, 0.05) is 0 Å². The van der Waals surface area contributed by atoms with E-state index in [1.807, 2.05) is 0 Å². The van der Waals surface area contributed by atoms with Gasteiger partial charge in [-0.15, -0.1) is 13.2 Å². The Kier molecular flexibility index (Phi) is 3.12. The molecule has 0 bridgehead atoms. The summed E-state index contributed by atoms with van der Waals surface area (Å²) >= 11 is 1.35. The number of alkyl halides is 3. The fourth-order valence-electron chi connectivity index (χ4n) is 0.610. The summed E-state index contributed by atoms with van der Waals surface area (Å²) < 4.78 is 62.9. The highest BCUT2D eigenvalue weighted by Crippen LogP contribution is 2.26. The molecule has 78 valence electrons. The van der Waals surface area contributed by atoms with Gasteiger partial charge in [-0.1, -0.05) is 0 Å². The average molecular weight is 325 g/mol. The lowest BCUT2D eigenvalue weighted by atomic mass is 10.4. The summed E-state index contributed by atoms with van der Waals surface area (Å²) in [4.78, 5) is 2.67. The van der Waals surface area contributed by atoms with Crippen LogP contribution < -0.4 is 4.74 Å². The lowest BCUT2D eigenvalue weighted by molar-refractivity contribution is -0.276. The van der Waals surface area contributed by atoms with Crippen LogP contribution in [0.15, 0.2) is 6.07 Å². The van der Waals surface area contributed by atoms with Crippen LogP contribution in [0.5, 0.6) is 5.88 Å². The van der Waals surface area contributed by atoms with Crippen LogP contribution in [0.1, 0.15) is 0 Å². The monoisotopic (exact) mass is 325 g/mol. The highest BCUT2D eigenvalue weighted by molar-refractivity contribution is 14.1. The molecular weight excluding hydrogens is 324 g/mol. The SMILES string of the molecule is Fc1cc(I)c(OC(F)(F)F)nc1F. The maximum atomic E-state index is 12.4. The Morgan fingerprint density at radius 3 is 2.36 bits per heavy atom. The van der Waals surface area contributed by atoms with Gasteiger partial charge in [-0.2, -0.15) is 9.37 Å². The Labute approximate surface area is 88.2 Å². The molecule has 1 aromatic rings. The predicted octanol–water partition coefficient (Wildman–Crippen LogP) is 2.86. The Balaban J connectivity index is 3.04. The van der Waals surface area contributed by atoms with Crippen molar-refractivity contribution in [3.05, 3.63) is 21.4 Å². The van der Waals surface area contributed by atoms with E-state index in [1.54, 1.807) is 0 Å². The van der Waals surface area contributed by atoms with Crippen molar-refractivity contribution in [3.63, 3.8) is 0 Å². The third kappa shape index (κ3) is 2.93. The third-order valence-electron chi connectivity index (χ3n) is 1.07. The lowest BCUT2D eigenvalue weighted by Crippen LogP contribution is -2.19. The molecule has 0 saturated carbocycles. The third-order valence-corrected chi connectivity index (χ3v) is 1.84. The molecule has 14 heavy (non-hydrogen) atoms. The van der Waals surface area contributed by atoms with Crippen LogP contribution in [0.25, 0.3) is 0 Å². The van der Waals surface area contributed by atoms with E-state index in [1.165, 1.54) is 22.6 Å². The maximum absolute atomic E-state index is 12.4. The second kappa shape index (κ2) is 3.83. The van der Waals surface area contributed by atoms with Gasteiger partial charge in [0.15, 0.2) is 5.82 Å². The van der Waals surface area contributed by atoms with Crippen molar-refractivity contribution in [1.29, 1.82) is 0 Å². The van der Waals surface area contributed by atoms with E-state index in [0.717, 1.165) is 0 Å². The van der Waals surface area contributed by atoms with E-state index in [9.17, 15) is 22.0 Å². The fourth-order valence-corrected chi connectivity index (χ4v) is 1.11. The first kappa shape index (κ1) is 11.4. The Morgan fingerprint density at radius 1 is 1.29 bits per heavy atom. The second-order valence-corrected chi connectivity index (χ2v) is 3.26. The van der Waals surface area contributed by atoms with Crippen LogP contribution in [-0.2, 0) is 0 Å². The van der Waals surface area contributed by atoms with Crippen LogP contribution in [-0.4, -0.2) is 11.3 Å². The topological polar surface area (TPSA) is 22.1 Å². The highest BCUT2D eigenvalue weighted by Gasteiger charge is 2.33. The summed E-state index contributed by atoms with van der Waals surface area (Å²) in [6.07, 6.45) is -4.98. The van der Waals surface area contributed by atoms with Crippen LogP contribution in [0.4, 0.5) is 22.0 Å². The summed E-state index contributed by atoms with van der Waals surface area (Å²) in [5.74, 6) is -3.97. The van der Waals surface area contributed by atoms with Gasteiger partial charge in [0.25, 0.3) is 5.95 Å². The first-order valence-corrected chi connectivity index (χ1v) is 4.15. The van der Waals surface area contributed by atoms with Gasteiger partial charge in [0.05, 0.1) is 3.57 Å². The number of aromatic nitrogens is 1. The van der Waals surface area contributed by atoms with E-state index in [2.05, 4.69) is 9.72 Å². The Hall–Kier alpha value is -0.670. The van der Waals surface area contributed by atoms with Crippen LogP contribution in [0.2, 0.25) is 0 Å². The zero-order valence-electron chi connectivity index (χ0n) is 6.20. The molecule has 2 nitrogen and oxygen atoms in total. The van der Waals surface area contributed by atoms with Crippen LogP contribution >= 0.6 is 22.6 Å². The van der Waals surface area contributed by atoms with Crippen LogP contribution in [0, 0.1) is 15.3 Å². The molecule has 0 spiro atoms. The summed E-state index contributed by atoms with van der Waals surface area (Å²) in [6, 6.07) is 0.559. The lowest BCUT2D eigenvalue weighted by Gasteiger charge is -2.09. The number of halogens is 6. The molecule has 0 saturated heterocycles. The van der Waals surface area contributed by atoms with E-state index < -0.39 is 24.0 Å². The van der Waals surface area contributed by atoms with E-state index >= 15 is 0 Å². The molecule has 1 aromatic heterocycles. The molecule has 1 heterocycles. The van der Waals surface area contributed by atoms with Gasteiger partial charge in [-0.3, -0.25) is 0 Å². The fraction of sp³-hybridized carbons (Fsp3) is 0.167. The molecule has 0 aromatic carbocycles. The number of ether oxygens (including phenoxy) is 1. The smallest absolute Gasteiger partial charge is 0.387 e. The van der Waals surface area contributed by atoms with Crippen LogP contribution in [0.3, 0.4) is 0 Å². The Bertz CT molecular complexity index is 353. The average Bonchev–Trinajstić information content (AvgIpc) is 1.97. The second-order valence-electron chi connectivity index (χ2n) is 2.10. The largest absolute Gasteiger partial charge is 0.574 e. The summed E-state index contributed by atoms with van der Waals surface area (Å²) in [6.45, 7) is 0. The molecule has 0 N–H and O–H groups in total. The predicted molar refractivity (Wildman–Crippen MR) is 43.6 cm³/mol. The maximum Gasteiger partial charge on any atom is 0.574 e. The standard InChI is InChI=1S/C6HF5INO/c7-2-1-3(12)5(13-4(2)8)14-6(9,10)11/h1H. The first-order chi connectivity index (χ1) is 6.29. The van der Waals surface area contributed by atoms with E-state index in [0.29, 0.717) is 6.07 Å². The van der Waals surface area contributed by atoms with Crippen molar-refractivity contribution in [2.24, 2.45) is 0 Å². The number of rotatable bonds is 1. The van der Waals surface area contributed by atoms with Gasteiger partial charge in [0.2, 0.25) is 5.88 Å². The summed E-state index contributed by atoms with van der Waals surface area (Å²) in [7, 11) is 0. The summed E-state index contributed by atoms with van der Waals surface area (Å²) in [5.41, 5.74) is 0. The number of hydrogen-bond donors (Lipinski definition) is 0. The first-order valence-electron chi connectivity index (χ1n) is 3.07. The molecule has 0 aliphatic heterocycles. The van der Waals surface area contributed by atoms with Gasteiger partial charge in [-0.25, -0.2) is 4.39 Å². The van der Waals surface area contributed by atoms with E-state index in [4.69, 9.17) is 0 Å². The zero-order valence-corrected chi connectivity index (χ0v) is 8.36. The molecule has 0 aliphatic carbocycles. The molecule has 0 fully saturated rings. The molecule has 0 unspecified atom stereocenters. The number of pyridine rings is 1. The molecule has 0 radical (unpaired) electrons. The highest BCUT2D eigenvalue weighted by atomic mass is 127. The van der Waals surface area contributed by atoms with Crippen molar-refractivity contribution >= 4 is 22.6 Å². The molecular formula is C6HF5INO. The van der Waals surface area contributed by atoms with Crippen molar-refractivity contribution in [1.82, 2.24) is 4.98 Å². The van der Waals surface area contributed by atoms with Crippen molar-refractivity contribution in [2.75, 3.05) is 0 Å². The number of hydrogen-bond acceptors (Lipinski definition) is 2.